The highest BCUT2D eigenvalue weighted by Crippen LogP contribution is 2.70. The molecule has 18 heteroatoms. The minimum Gasteiger partial charge on any atom is -0.394 e. The SMILES string of the molecule is CO[C@@H]1C[C@H](O[C@H]2CC[C@@]3(C)C(=CC[C@H]4[C@H]5C(=O)C[C@H]6[C@H](C)O[C@@](O)(C(=O)[C@@H]43)[C@@]56C)C2)O[C@H](C)[C@@H]1O[C@@H]1O[C@H](CO)[C@@H](O[C@@H]2O[C@H](CO)[C@@H](O)[C@H](O)[C@H]2O)[C@H](O)[C@H]1O. The van der Waals surface area contributed by atoms with Gasteiger partial charge in [-0.05, 0) is 50.9 Å². The highest BCUT2D eigenvalue weighted by Gasteiger charge is 2.79. The third-order valence-corrected chi connectivity index (χ3v) is 15.3. The molecule has 58 heavy (non-hydrogen) atoms. The number of fused-ring (bicyclic) bond motifs is 4. The van der Waals surface area contributed by atoms with Gasteiger partial charge in [-0.25, -0.2) is 0 Å². The van der Waals surface area contributed by atoms with Crippen molar-refractivity contribution in [1.82, 2.24) is 0 Å². The van der Waals surface area contributed by atoms with Crippen molar-refractivity contribution in [2.24, 2.45) is 34.5 Å². The number of hydrogen-bond donors (Lipinski definition) is 8. The second-order valence-electron chi connectivity index (χ2n) is 18.3. The van der Waals surface area contributed by atoms with Crippen molar-refractivity contribution < 1.29 is 88.3 Å². The first-order chi connectivity index (χ1) is 27.4. The zero-order valence-corrected chi connectivity index (χ0v) is 33.4. The summed E-state index contributed by atoms with van der Waals surface area (Å²) in [4.78, 5) is 28.0. The molecular formula is C40H60O18. The standard InChI is InChI=1S/C40H60O18/c1-15-20-11-21(43)26-19-7-6-17-10-18(8-9-38(17,3)27(19)35(49)40(50,58-15)39(20,26)4)53-25-12-22(51-5)33(16(2)52-25)56-37-32(48)30(46)34(24(14-42)55-37)57-36-31(47)29(45)28(44)23(13-41)54-36/h6,15-16,18-20,22-34,36-37,41-42,44-48,50H,7-14H2,1-5H3/t15-,16+,18-,19-,20-,22+,23+,24+,25-,26-,27+,28+,29-,30+,31+,32+,33-,34+,36-,37-,38-,39+,40-/m0/s1. The molecule has 4 saturated heterocycles. The van der Waals surface area contributed by atoms with Crippen molar-refractivity contribution in [3.05, 3.63) is 11.6 Å². The predicted molar refractivity (Wildman–Crippen MR) is 193 cm³/mol. The van der Waals surface area contributed by atoms with Crippen LogP contribution >= 0.6 is 0 Å². The molecule has 7 fully saturated rings. The van der Waals surface area contributed by atoms with Gasteiger partial charge in [-0.3, -0.25) is 9.59 Å². The zero-order valence-electron chi connectivity index (χ0n) is 33.4. The number of Topliss-reactive ketones (excluding diaryl/α,β-unsaturated/α-hetero) is 2. The zero-order chi connectivity index (χ0) is 41.8. The van der Waals surface area contributed by atoms with Gasteiger partial charge in [0, 0.05) is 43.1 Å². The minimum absolute atomic E-state index is 0.110. The van der Waals surface area contributed by atoms with E-state index in [9.17, 15) is 50.4 Å². The molecule has 4 aliphatic heterocycles. The first-order valence-electron chi connectivity index (χ1n) is 20.7. The molecule has 23 atom stereocenters. The first-order valence-corrected chi connectivity index (χ1v) is 20.7. The molecule has 3 saturated carbocycles. The van der Waals surface area contributed by atoms with E-state index in [0.29, 0.717) is 32.1 Å². The van der Waals surface area contributed by atoms with E-state index in [0.717, 1.165) is 5.57 Å². The van der Waals surface area contributed by atoms with Crippen LogP contribution in [0.3, 0.4) is 0 Å². The molecule has 0 unspecified atom stereocenters. The van der Waals surface area contributed by atoms with Crippen LogP contribution in [0.15, 0.2) is 11.6 Å². The lowest BCUT2D eigenvalue weighted by Crippen LogP contribution is -2.67. The summed E-state index contributed by atoms with van der Waals surface area (Å²) in [6, 6.07) is 0. The Kier molecular flexibility index (Phi) is 11.6. The summed E-state index contributed by atoms with van der Waals surface area (Å²) in [5, 5.41) is 84.6. The lowest BCUT2D eigenvalue weighted by atomic mass is 9.45. The van der Waals surface area contributed by atoms with Gasteiger partial charge in [-0.15, -0.1) is 0 Å². The highest BCUT2D eigenvalue weighted by atomic mass is 16.8. The molecule has 328 valence electrons. The van der Waals surface area contributed by atoms with Gasteiger partial charge in [-0.2, -0.15) is 0 Å². The summed E-state index contributed by atoms with van der Waals surface area (Å²) < 4.78 is 47.8. The number of carbonyl (C=O) groups excluding carboxylic acids is 2. The average molecular weight is 829 g/mol. The molecule has 0 aromatic carbocycles. The van der Waals surface area contributed by atoms with Crippen LogP contribution in [-0.4, -0.2) is 177 Å². The van der Waals surface area contributed by atoms with Crippen LogP contribution in [0.1, 0.15) is 66.2 Å². The Balaban J connectivity index is 0.900. The fraction of sp³-hybridized carbons (Fsp3) is 0.900. The number of ketones is 2. The molecule has 8 aliphatic rings. The summed E-state index contributed by atoms with van der Waals surface area (Å²) in [7, 11) is 1.49. The van der Waals surface area contributed by atoms with Crippen molar-refractivity contribution in [2.45, 2.75) is 170 Å². The highest BCUT2D eigenvalue weighted by molar-refractivity contribution is 5.97. The monoisotopic (exact) mass is 828 g/mol. The number of carbonyl (C=O) groups is 2. The molecule has 0 spiro atoms. The molecule has 0 aromatic rings. The minimum atomic E-state index is -2.01. The molecule has 8 rings (SSSR count). The maximum atomic E-state index is 14.4. The van der Waals surface area contributed by atoms with Gasteiger partial charge in [0.15, 0.2) is 24.7 Å². The predicted octanol–water partition coefficient (Wildman–Crippen LogP) is -1.81. The number of aliphatic hydroxyl groups excluding tert-OH is 7. The summed E-state index contributed by atoms with van der Waals surface area (Å²) in [6.45, 7) is 6.09. The van der Waals surface area contributed by atoms with Crippen molar-refractivity contribution in [3.8, 4) is 0 Å². The van der Waals surface area contributed by atoms with E-state index in [4.69, 9.17) is 37.9 Å². The van der Waals surface area contributed by atoms with Gasteiger partial charge in [-0.1, -0.05) is 25.5 Å². The Morgan fingerprint density at radius 2 is 1.45 bits per heavy atom. The van der Waals surface area contributed by atoms with Crippen LogP contribution in [-0.2, 0) is 47.5 Å². The fourth-order valence-electron chi connectivity index (χ4n) is 12.2. The van der Waals surface area contributed by atoms with Gasteiger partial charge in [0.05, 0.1) is 37.6 Å². The lowest BCUT2D eigenvalue weighted by molar-refractivity contribution is -0.373. The molecule has 0 amide bonds. The Morgan fingerprint density at radius 1 is 0.793 bits per heavy atom. The number of methoxy groups -OCH3 is 1. The van der Waals surface area contributed by atoms with Crippen LogP contribution in [0.25, 0.3) is 0 Å². The fourth-order valence-corrected chi connectivity index (χ4v) is 12.2. The number of hydrogen-bond acceptors (Lipinski definition) is 18. The number of ether oxygens (including phenoxy) is 8. The second-order valence-corrected chi connectivity index (χ2v) is 18.3. The normalized spacial score (nSPS) is 55.4. The van der Waals surface area contributed by atoms with Gasteiger partial charge >= 0.3 is 0 Å². The second kappa shape index (κ2) is 15.7. The van der Waals surface area contributed by atoms with Crippen molar-refractivity contribution >= 4 is 11.6 Å². The van der Waals surface area contributed by atoms with Gasteiger partial charge in [0.25, 0.3) is 0 Å². The summed E-state index contributed by atoms with van der Waals surface area (Å²) in [6.07, 6.45) is -14.4. The molecule has 18 nitrogen and oxygen atoms in total. The molecule has 4 aliphatic carbocycles. The number of rotatable bonds is 9. The van der Waals surface area contributed by atoms with Crippen LogP contribution in [0.5, 0.6) is 0 Å². The quantitative estimate of drug-likeness (QED) is 0.119. The van der Waals surface area contributed by atoms with E-state index >= 15 is 0 Å². The summed E-state index contributed by atoms with van der Waals surface area (Å²) in [5.41, 5.74) is -0.481. The molecule has 0 radical (unpaired) electrons. The van der Waals surface area contributed by atoms with Crippen LogP contribution < -0.4 is 0 Å². The largest absolute Gasteiger partial charge is 0.394 e. The Hall–Kier alpha value is -1.56. The molecular weight excluding hydrogens is 768 g/mol. The van der Waals surface area contributed by atoms with E-state index in [-0.39, 0.29) is 35.9 Å². The average Bonchev–Trinajstić information content (AvgIpc) is 3.58. The maximum absolute atomic E-state index is 14.4. The van der Waals surface area contributed by atoms with Crippen molar-refractivity contribution in [2.75, 3.05) is 20.3 Å². The van der Waals surface area contributed by atoms with Gasteiger partial charge < -0.3 is 78.7 Å². The molecule has 0 bridgehead atoms. The van der Waals surface area contributed by atoms with E-state index in [1.807, 2.05) is 13.8 Å². The Morgan fingerprint density at radius 3 is 2.12 bits per heavy atom. The maximum Gasteiger partial charge on any atom is 0.233 e. The number of aliphatic hydroxyl groups is 8. The Labute approximate surface area is 336 Å². The summed E-state index contributed by atoms with van der Waals surface area (Å²) in [5.74, 6) is -3.65. The van der Waals surface area contributed by atoms with Crippen LogP contribution in [0.4, 0.5) is 0 Å². The smallest absolute Gasteiger partial charge is 0.233 e. The molecule has 0 aromatic heterocycles. The van der Waals surface area contributed by atoms with Crippen molar-refractivity contribution in [3.63, 3.8) is 0 Å². The van der Waals surface area contributed by atoms with E-state index in [1.165, 1.54) is 7.11 Å². The first kappa shape index (κ1) is 43.1. The third kappa shape index (κ3) is 6.43. The Bertz CT molecular complexity index is 1590. The number of allylic oxidation sites excluding steroid dienone is 1. The van der Waals surface area contributed by atoms with E-state index < -0.39 is 134 Å². The third-order valence-electron chi connectivity index (χ3n) is 15.3. The summed E-state index contributed by atoms with van der Waals surface area (Å²) >= 11 is 0. The van der Waals surface area contributed by atoms with E-state index in [1.54, 1.807) is 6.92 Å². The van der Waals surface area contributed by atoms with Gasteiger partial charge in [0.2, 0.25) is 5.79 Å². The van der Waals surface area contributed by atoms with E-state index in [2.05, 4.69) is 13.0 Å². The topological polar surface area (TPSA) is 270 Å². The van der Waals surface area contributed by atoms with Crippen LogP contribution in [0, 0.1) is 34.5 Å². The molecule has 4 heterocycles. The van der Waals surface area contributed by atoms with Crippen LogP contribution in [0.2, 0.25) is 0 Å². The van der Waals surface area contributed by atoms with Crippen molar-refractivity contribution in [1.29, 1.82) is 0 Å². The lowest BCUT2D eigenvalue weighted by Gasteiger charge is -2.58. The molecule has 8 N–H and O–H groups in total. The van der Waals surface area contributed by atoms with Gasteiger partial charge in [0.1, 0.15) is 60.7 Å².